The van der Waals surface area contributed by atoms with Crippen LogP contribution in [0.2, 0.25) is 0 Å². The summed E-state index contributed by atoms with van der Waals surface area (Å²) in [5, 5.41) is 19.6. The summed E-state index contributed by atoms with van der Waals surface area (Å²) in [5.74, 6) is -4.34. The van der Waals surface area contributed by atoms with Crippen molar-refractivity contribution in [1.29, 1.82) is 0 Å². The molecule has 1 atom stereocenters. The number of aromatic nitrogens is 2. The molecule has 0 radical (unpaired) electrons. The van der Waals surface area contributed by atoms with Gasteiger partial charge in [0.25, 0.3) is 5.56 Å². The van der Waals surface area contributed by atoms with Crippen molar-refractivity contribution in [1.82, 2.24) is 9.13 Å². The van der Waals surface area contributed by atoms with Crippen LogP contribution in [0.3, 0.4) is 0 Å². The second-order valence-corrected chi connectivity index (χ2v) is 7.32. The first-order valence-electron chi connectivity index (χ1n) is 9.71. The largest absolute Gasteiger partial charge is 0.494 e. The van der Waals surface area contributed by atoms with Gasteiger partial charge in [-0.3, -0.25) is 23.5 Å². The van der Waals surface area contributed by atoms with Gasteiger partial charge < -0.3 is 15.9 Å². The van der Waals surface area contributed by atoms with Gasteiger partial charge in [-0.05, 0) is 23.3 Å². The van der Waals surface area contributed by atoms with Crippen LogP contribution in [0.15, 0.2) is 64.2 Å². The maximum absolute atomic E-state index is 13.1. The minimum atomic E-state index is -4.59. The Bertz CT molecular complexity index is 1350. The molecule has 3 aromatic rings. The molecule has 34 heavy (non-hydrogen) atoms. The molecule has 0 aliphatic heterocycles. The number of aliphatic carboxylic acids is 1. The summed E-state index contributed by atoms with van der Waals surface area (Å²) in [5.41, 5.74) is 1.67. The predicted molar refractivity (Wildman–Crippen MR) is 113 cm³/mol. The molecule has 1 aromatic heterocycles. The van der Waals surface area contributed by atoms with Crippen LogP contribution in [0.1, 0.15) is 27.0 Å². The molecule has 3 rings (SSSR count). The van der Waals surface area contributed by atoms with E-state index in [0.29, 0.717) is 14.7 Å². The number of Topliss-reactive ketones (excluding diaryl/α,β-unsaturated/α-hetero) is 1. The third-order valence-electron chi connectivity index (χ3n) is 5.00. The molecule has 0 amide bonds. The van der Waals surface area contributed by atoms with E-state index in [1.165, 1.54) is 0 Å². The molecule has 0 spiro atoms. The van der Waals surface area contributed by atoms with Gasteiger partial charge in [-0.1, -0.05) is 42.5 Å². The molecule has 1 unspecified atom stereocenters. The van der Waals surface area contributed by atoms with Crippen molar-refractivity contribution < 1.29 is 33.0 Å². The zero-order chi connectivity index (χ0) is 25.2. The zero-order valence-electron chi connectivity index (χ0n) is 17.3. The summed E-state index contributed by atoms with van der Waals surface area (Å²) in [7, 11) is 0. The quantitative estimate of drug-likeness (QED) is 0.345. The number of ketones is 1. The minimum Gasteiger partial charge on any atom is -0.494 e. The van der Waals surface area contributed by atoms with Crippen LogP contribution in [0.5, 0.6) is 5.88 Å². The average molecular weight is 477 g/mol. The maximum Gasteiger partial charge on any atom is 0.416 e. The molecule has 2 aromatic carbocycles. The maximum atomic E-state index is 13.1. The Morgan fingerprint density at radius 2 is 1.44 bits per heavy atom. The zero-order valence-corrected chi connectivity index (χ0v) is 17.3. The molecule has 0 bridgehead atoms. The second kappa shape index (κ2) is 9.35. The Morgan fingerprint density at radius 3 is 1.97 bits per heavy atom. The molecule has 4 N–H and O–H groups in total. The van der Waals surface area contributed by atoms with Crippen LogP contribution in [0.4, 0.5) is 13.2 Å². The third kappa shape index (κ3) is 4.91. The van der Waals surface area contributed by atoms with Crippen LogP contribution in [0, 0.1) is 0 Å². The van der Waals surface area contributed by atoms with Gasteiger partial charge in [-0.25, -0.2) is 4.79 Å². The summed E-state index contributed by atoms with van der Waals surface area (Å²) < 4.78 is 39.7. The van der Waals surface area contributed by atoms with Crippen molar-refractivity contribution in [3.8, 4) is 5.88 Å². The van der Waals surface area contributed by atoms with Gasteiger partial charge in [0.05, 0.1) is 18.7 Å². The number of hydrogen-bond donors (Lipinski definition) is 3. The molecular weight excluding hydrogens is 459 g/mol. The fraction of sp³-hybridized carbons (Fsp3) is 0.182. The van der Waals surface area contributed by atoms with Gasteiger partial charge in [0.1, 0.15) is 5.56 Å². The number of hydrogen-bond acceptors (Lipinski definition) is 6. The molecule has 9 nitrogen and oxygen atoms in total. The number of carboxylic acid groups (broad SMARTS) is 1. The average Bonchev–Trinajstić information content (AvgIpc) is 2.79. The lowest BCUT2D eigenvalue weighted by Crippen LogP contribution is -2.47. The lowest BCUT2D eigenvalue weighted by Gasteiger charge is -2.17. The van der Waals surface area contributed by atoms with Gasteiger partial charge in [0.15, 0.2) is 6.04 Å². The Balaban J connectivity index is 2.18. The van der Waals surface area contributed by atoms with E-state index in [0.717, 1.165) is 24.3 Å². The summed E-state index contributed by atoms with van der Waals surface area (Å²) in [6, 6.07) is 9.59. The highest BCUT2D eigenvalue weighted by atomic mass is 19.4. The highest BCUT2D eigenvalue weighted by Gasteiger charge is 2.32. The van der Waals surface area contributed by atoms with Crippen LogP contribution in [-0.2, 0) is 24.1 Å². The fourth-order valence-corrected chi connectivity index (χ4v) is 3.20. The van der Waals surface area contributed by atoms with Gasteiger partial charge in [0, 0.05) is 0 Å². The highest BCUT2D eigenvalue weighted by molar-refractivity contribution is 6.12. The molecule has 0 aliphatic rings. The SMILES string of the molecule is NC(C(=O)O)C(=O)c1c(O)n(Cc2ccc(C(F)(F)F)cc2)c(=O)n(Cc2ccccc2)c1=O. The standard InChI is InChI=1S/C22H18F3N3O6/c23-22(24,25)14-8-6-13(7-9-14)11-28-19(31)15(17(29)16(26)20(32)33)18(30)27(21(28)34)10-12-4-2-1-3-5-12/h1-9,16,31H,10-11,26H2,(H,32,33). The van der Waals surface area contributed by atoms with E-state index in [1.54, 1.807) is 30.3 Å². The van der Waals surface area contributed by atoms with E-state index >= 15 is 0 Å². The molecule has 0 saturated carbocycles. The summed E-state index contributed by atoms with van der Waals surface area (Å²) in [4.78, 5) is 49.7. The lowest BCUT2D eigenvalue weighted by atomic mass is 10.1. The van der Waals surface area contributed by atoms with Crippen LogP contribution >= 0.6 is 0 Å². The molecule has 0 fully saturated rings. The lowest BCUT2D eigenvalue weighted by molar-refractivity contribution is -0.138. The van der Waals surface area contributed by atoms with Gasteiger partial charge in [-0.2, -0.15) is 13.2 Å². The monoisotopic (exact) mass is 477 g/mol. The molecule has 178 valence electrons. The second-order valence-electron chi connectivity index (χ2n) is 7.32. The Labute approximate surface area is 189 Å². The van der Waals surface area contributed by atoms with Crippen molar-refractivity contribution in [3.63, 3.8) is 0 Å². The number of carbonyl (C=O) groups is 2. The number of alkyl halides is 3. The number of carboxylic acids is 1. The van der Waals surface area contributed by atoms with Crippen LogP contribution in [0.25, 0.3) is 0 Å². The highest BCUT2D eigenvalue weighted by Crippen LogP contribution is 2.29. The van der Waals surface area contributed by atoms with Crippen molar-refractivity contribution >= 4 is 11.8 Å². The first-order chi connectivity index (χ1) is 15.9. The van der Waals surface area contributed by atoms with Gasteiger partial charge in [0.2, 0.25) is 11.7 Å². The van der Waals surface area contributed by atoms with E-state index in [2.05, 4.69) is 0 Å². The Morgan fingerprint density at radius 1 is 0.912 bits per heavy atom. The molecule has 0 aliphatic carbocycles. The fourth-order valence-electron chi connectivity index (χ4n) is 3.20. The van der Waals surface area contributed by atoms with Crippen molar-refractivity contribution in [2.75, 3.05) is 0 Å². The molecule has 12 heteroatoms. The number of benzene rings is 2. The van der Waals surface area contributed by atoms with E-state index < -0.39 is 58.8 Å². The first-order valence-corrected chi connectivity index (χ1v) is 9.71. The van der Waals surface area contributed by atoms with Gasteiger partial charge >= 0.3 is 17.8 Å². The van der Waals surface area contributed by atoms with E-state index in [-0.39, 0.29) is 12.1 Å². The van der Waals surface area contributed by atoms with Gasteiger partial charge in [-0.15, -0.1) is 0 Å². The molecule has 0 saturated heterocycles. The number of halogens is 3. The normalized spacial score (nSPS) is 12.4. The summed E-state index contributed by atoms with van der Waals surface area (Å²) in [6.45, 7) is -0.838. The third-order valence-corrected chi connectivity index (χ3v) is 5.00. The summed E-state index contributed by atoms with van der Waals surface area (Å²) >= 11 is 0. The summed E-state index contributed by atoms with van der Waals surface area (Å²) in [6.07, 6.45) is -4.59. The smallest absolute Gasteiger partial charge is 0.416 e. The minimum absolute atomic E-state index is 0.135. The van der Waals surface area contributed by atoms with Crippen LogP contribution in [-0.4, -0.2) is 37.1 Å². The number of rotatable bonds is 7. The predicted octanol–water partition coefficient (Wildman–Crippen LogP) is 1.43. The number of carbonyl (C=O) groups excluding carboxylic acids is 1. The van der Waals surface area contributed by atoms with E-state index in [1.807, 2.05) is 0 Å². The first kappa shape index (κ1) is 24.5. The van der Waals surface area contributed by atoms with Crippen LogP contribution < -0.4 is 17.0 Å². The number of aromatic hydroxyl groups is 1. The molecule has 1 heterocycles. The van der Waals surface area contributed by atoms with E-state index in [4.69, 9.17) is 10.8 Å². The van der Waals surface area contributed by atoms with Crippen molar-refractivity contribution in [2.24, 2.45) is 5.73 Å². The molecular formula is C22H18F3N3O6. The Kier molecular flexibility index (Phi) is 6.73. The number of nitrogens with zero attached hydrogens (tertiary/aromatic N) is 2. The topological polar surface area (TPSA) is 145 Å². The number of nitrogens with two attached hydrogens (primary N) is 1. The Hall–Kier alpha value is -4.19. The van der Waals surface area contributed by atoms with E-state index in [9.17, 15) is 37.5 Å². The van der Waals surface area contributed by atoms with Crippen molar-refractivity contribution in [2.45, 2.75) is 25.3 Å². The van der Waals surface area contributed by atoms with Crippen molar-refractivity contribution in [3.05, 3.63) is 97.7 Å².